The van der Waals surface area contributed by atoms with Gasteiger partial charge < -0.3 is 0 Å². The predicted molar refractivity (Wildman–Crippen MR) is 307 cm³/mol. The normalized spacial score (nSPS) is 12.2. The summed E-state index contributed by atoms with van der Waals surface area (Å²) in [5, 5.41) is 0. The lowest BCUT2D eigenvalue weighted by atomic mass is 9.67. The van der Waals surface area contributed by atoms with E-state index in [1.807, 2.05) is 0 Å². The Labute approximate surface area is 428 Å². The highest BCUT2D eigenvalue weighted by Crippen LogP contribution is 2.57. The summed E-state index contributed by atoms with van der Waals surface area (Å²) < 4.78 is 0. The van der Waals surface area contributed by atoms with Crippen molar-refractivity contribution in [1.29, 1.82) is 0 Å². The van der Waals surface area contributed by atoms with E-state index in [0.717, 1.165) is 0 Å². The molecule has 0 saturated carbocycles. The second-order valence-electron chi connectivity index (χ2n) is 19.2. The van der Waals surface area contributed by atoms with Crippen LogP contribution >= 0.6 is 0 Å². The van der Waals surface area contributed by atoms with Gasteiger partial charge in [-0.3, -0.25) is 0 Å². The van der Waals surface area contributed by atoms with Crippen molar-refractivity contribution in [3.63, 3.8) is 0 Å². The van der Waals surface area contributed by atoms with Gasteiger partial charge in [0.15, 0.2) is 0 Å². The number of rotatable bonds is 10. The molecule has 0 spiro atoms. The van der Waals surface area contributed by atoms with Crippen molar-refractivity contribution in [3.8, 4) is 100 Å². The number of benzene rings is 12. The Morgan fingerprint density at radius 3 is 0.712 bits per heavy atom. The van der Waals surface area contributed by atoms with E-state index < -0.39 is 5.41 Å². The van der Waals surface area contributed by atoms with Gasteiger partial charge >= 0.3 is 0 Å². The first-order valence-corrected chi connectivity index (χ1v) is 25.3. The SMILES string of the molecule is c1ccc(-c2cccc(-c3cc(-c4ccccc4)cc(-c4cccc(C5(c6cccc(-c7cc(-c8ccccc8)cc(-c8cccc(-c9ccccc9)c8)c7)c6)c6ccccc6-c6ccccc65)c4)c3)c2)cc1. The van der Waals surface area contributed by atoms with E-state index in [0.29, 0.717) is 0 Å². The molecule has 0 N–H and O–H groups in total. The Morgan fingerprint density at radius 1 is 0.151 bits per heavy atom. The maximum absolute atomic E-state index is 2.47. The molecule has 1 aliphatic carbocycles. The Bertz CT molecular complexity index is 3680. The van der Waals surface area contributed by atoms with Gasteiger partial charge in [0, 0.05) is 0 Å². The largest absolute Gasteiger partial charge is 0.0713 e. The van der Waals surface area contributed by atoms with Crippen LogP contribution in [0.2, 0.25) is 0 Å². The van der Waals surface area contributed by atoms with Crippen LogP contribution in [0.4, 0.5) is 0 Å². The smallest absolute Gasteiger partial charge is 0.0622 e. The third kappa shape index (κ3) is 8.10. The molecule has 0 fully saturated rings. The monoisotopic (exact) mass is 926 g/mol. The van der Waals surface area contributed by atoms with E-state index in [1.54, 1.807) is 0 Å². The van der Waals surface area contributed by atoms with E-state index in [4.69, 9.17) is 0 Å². The fourth-order valence-corrected chi connectivity index (χ4v) is 11.4. The molecule has 0 aromatic heterocycles. The Balaban J connectivity index is 0.994. The molecule has 0 amide bonds. The van der Waals surface area contributed by atoms with Gasteiger partial charge in [-0.2, -0.15) is 0 Å². The highest BCUT2D eigenvalue weighted by Gasteiger charge is 2.46. The molecule has 13 rings (SSSR count). The molecule has 1 aliphatic rings. The van der Waals surface area contributed by atoms with Crippen LogP contribution in [0.5, 0.6) is 0 Å². The van der Waals surface area contributed by atoms with E-state index in [9.17, 15) is 0 Å². The molecule has 12 aromatic rings. The van der Waals surface area contributed by atoms with Crippen molar-refractivity contribution >= 4 is 0 Å². The lowest BCUT2D eigenvalue weighted by Crippen LogP contribution is -2.28. The zero-order chi connectivity index (χ0) is 48.6. The third-order valence-corrected chi connectivity index (χ3v) is 14.9. The summed E-state index contributed by atoms with van der Waals surface area (Å²) >= 11 is 0. The third-order valence-electron chi connectivity index (χ3n) is 14.9. The molecule has 0 radical (unpaired) electrons. The number of hydrogen-bond donors (Lipinski definition) is 0. The Morgan fingerprint density at radius 2 is 0.370 bits per heavy atom. The van der Waals surface area contributed by atoms with Crippen LogP contribution in [0.15, 0.2) is 303 Å². The molecule has 0 heteroatoms. The average Bonchev–Trinajstić information content (AvgIpc) is 3.79. The van der Waals surface area contributed by atoms with Crippen molar-refractivity contribution in [2.75, 3.05) is 0 Å². The van der Waals surface area contributed by atoms with Gasteiger partial charge in [-0.25, -0.2) is 0 Å². The molecule has 0 heterocycles. The molecule has 0 saturated heterocycles. The summed E-state index contributed by atoms with van der Waals surface area (Å²) in [4.78, 5) is 0. The zero-order valence-electron chi connectivity index (χ0n) is 40.4. The molecule has 0 nitrogen and oxygen atoms in total. The summed E-state index contributed by atoms with van der Waals surface area (Å²) in [5.74, 6) is 0. The van der Waals surface area contributed by atoms with Gasteiger partial charge in [0.05, 0.1) is 5.41 Å². The van der Waals surface area contributed by atoms with Crippen LogP contribution in [0, 0.1) is 0 Å². The Hall–Kier alpha value is -9.36. The molecule has 342 valence electrons. The quantitative estimate of drug-likeness (QED) is 0.128. The summed E-state index contributed by atoms with van der Waals surface area (Å²) in [6, 6.07) is 112. The molecule has 0 unspecified atom stereocenters. The molecule has 12 aromatic carbocycles. The zero-order valence-corrected chi connectivity index (χ0v) is 40.4. The van der Waals surface area contributed by atoms with E-state index in [1.165, 1.54) is 122 Å². The number of fused-ring (bicyclic) bond motifs is 3. The second kappa shape index (κ2) is 18.8. The fraction of sp³-hybridized carbons (Fsp3) is 0.0137. The van der Waals surface area contributed by atoms with Gasteiger partial charge in [0.25, 0.3) is 0 Å². The topological polar surface area (TPSA) is 0 Å². The summed E-state index contributed by atoms with van der Waals surface area (Å²) in [6.07, 6.45) is 0. The van der Waals surface area contributed by atoms with Crippen molar-refractivity contribution in [2.45, 2.75) is 5.41 Å². The predicted octanol–water partition coefficient (Wildman–Crippen LogP) is 19.4. The van der Waals surface area contributed by atoms with Gasteiger partial charge in [0.1, 0.15) is 0 Å². The summed E-state index contributed by atoms with van der Waals surface area (Å²) in [5.41, 5.74) is 26.0. The first kappa shape index (κ1) is 43.6. The fourth-order valence-electron chi connectivity index (χ4n) is 11.4. The maximum Gasteiger partial charge on any atom is 0.0713 e. The molecule has 0 atom stereocenters. The van der Waals surface area contributed by atoms with Crippen molar-refractivity contribution in [3.05, 3.63) is 326 Å². The van der Waals surface area contributed by atoms with Gasteiger partial charge in [-0.15, -0.1) is 0 Å². The number of hydrogen-bond acceptors (Lipinski definition) is 0. The molecule has 0 bridgehead atoms. The minimum Gasteiger partial charge on any atom is -0.0622 e. The van der Waals surface area contributed by atoms with Gasteiger partial charge in [-0.1, -0.05) is 243 Å². The first-order chi connectivity index (χ1) is 36.2. The molecular formula is C73H50. The van der Waals surface area contributed by atoms with Crippen molar-refractivity contribution in [2.24, 2.45) is 0 Å². The summed E-state index contributed by atoms with van der Waals surface area (Å²) in [7, 11) is 0. The van der Waals surface area contributed by atoms with Crippen LogP contribution in [0.1, 0.15) is 22.3 Å². The maximum atomic E-state index is 2.47. The van der Waals surface area contributed by atoms with Crippen LogP contribution in [-0.4, -0.2) is 0 Å². The highest BCUT2D eigenvalue weighted by atomic mass is 14.5. The van der Waals surface area contributed by atoms with Crippen molar-refractivity contribution < 1.29 is 0 Å². The van der Waals surface area contributed by atoms with Gasteiger partial charge in [0.2, 0.25) is 0 Å². The van der Waals surface area contributed by atoms with Crippen LogP contribution in [0.25, 0.3) is 100 Å². The summed E-state index contributed by atoms with van der Waals surface area (Å²) in [6.45, 7) is 0. The molecule has 73 heavy (non-hydrogen) atoms. The average molecular weight is 927 g/mol. The van der Waals surface area contributed by atoms with Crippen molar-refractivity contribution in [1.82, 2.24) is 0 Å². The highest BCUT2D eigenvalue weighted by molar-refractivity contribution is 5.90. The second-order valence-corrected chi connectivity index (χ2v) is 19.2. The van der Waals surface area contributed by atoms with E-state index in [2.05, 4.69) is 303 Å². The lowest BCUT2D eigenvalue weighted by Gasteiger charge is -2.34. The van der Waals surface area contributed by atoms with Crippen LogP contribution < -0.4 is 0 Å². The minimum atomic E-state index is -0.618. The van der Waals surface area contributed by atoms with Crippen LogP contribution in [-0.2, 0) is 5.41 Å². The molecular weight excluding hydrogens is 877 g/mol. The Kier molecular flexibility index (Phi) is 11.2. The van der Waals surface area contributed by atoms with Crippen LogP contribution in [0.3, 0.4) is 0 Å². The minimum absolute atomic E-state index is 0.618. The van der Waals surface area contributed by atoms with Gasteiger partial charge in [-0.05, 0) is 183 Å². The molecule has 0 aliphatic heterocycles. The first-order valence-electron chi connectivity index (χ1n) is 25.3. The standard InChI is InChI=1S/C73H50/c1-5-21-51(22-6-1)55-29-17-31-57(41-55)63-43-61(53-25-9-3-10-26-53)45-65(47-63)59-33-19-35-67(49-59)73(71-39-15-13-37-69(71)70-38-14-16-40-72(70)73)68-36-20-34-60(50-68)66-46-62(54-27-11-4-12-28-54)44-64(48-66)58-32-18-30-56(42-58)52-23-7-2-8-24-52/h1-50H. The van der Waals surface area contributed by atoms with E-state index in [-0.39, 0.29) is 0 Å². The lowest BCUT2D eigenvalue weighted by molar-refractivity contribution is 0.769. The van der Waals surface area contributed by atoms with E-state index >= 15 is 0 Å².